The van der Waals surface area contributed by atoms with Crippen LogP contribution in [-0.4, -0.2) is 19.6 Å². The average Bonchev–Trinajstić information content (AvgIpc) is 1.35. The monoisotopic (exact) mass is 1340 g/mol. The molecule has 3 N–H and O–H groups in total. The van der Waals surface area contributed by atoms with E-state index in [0.717, 1.165) is 57.0 Å². The molecular weight excluding hydrogens is 1160 g/mol. The van der Waals surface area contributed by atoms with Crippen LogP contribution in [0.4, 0.5) is 0 Å². The Kier molecular flexibility index (Phi) is 77.4. The van der Waals surface area contributed by atoms with E-state index in [1.807, 2.05) is 0 Å². The van der Waals surface area contributed by atoms with E-state index in [0.29, 0.717) is 0 Å². The van der Waals surface area contributed by atoms with Crippen LogP contribution in [0.25, 0.3) is 0 Å². The molecule has 0 aliphatic rings. The molecule has 570 valence electrons. The first-order valence-electron chi connectivity index (χ1n) is 45.8. The number of nitrogens with one attached hydrogen (secondary N) is 3. The summed E-state index contributed by atoms with van der Waals surface area (Å²) in [4.78, 5) is 0. The van der Waals surface area contributed by atoms with Crippen LogP contribution >= 0.6 is 0 Å². The number of rotatable bonds is 84. The van der Waals surface area contributed by atoms with Crippen molar-refractivity contribution in [3.05, 3.63) is 34.9 Å². The van der Waals surface area contributed by atoms with Gasteiger partial charge in [-0.15, -0.1) is 0 Å². The molecule has 1 aromatic carbocycles. The Balaban J connectivity index is 3.02. The Morgan fingerprint density at radius 2 is 0.292 bits per heavy atom. The lowest BCUT2D eigenvalue weighted by atomic mass is 9.90. The second kappa shape index (κ2) is 79.8. The third kappa shape index (κ3) is 68.8. The molecule has 0 fully saturated rings. The van der Waals surface area contributed by atoms with E-state index >= 15 is 0 Å². The molecule has 96 heavy (non-hydrogen) atoms. The molecule has 0 radical (unpaired) electrons. The van der Waals surface area contributed by atoms with Crippen molar-refractivity contribution in [2.24, 2.45) is 17.8 Å². The summed E-state index contributed by atoms with van der Waals surface area (Å²) >= 11 is 0. The van der Waals surface area contributed by atoms with E-state index in [-0.39, 0.29) is 0 Å². The predicted octanol–water partition coefficient (Wildman–Crippen LogP) is 32.0. The third-order valence-electron chi connectivity index (χ3n) is 22.8. The van der Waals surface area contributed by atoms with E-state index in [9.17, 15) is 0 Å². The van der Waals surface area contributed by atoms with Gasteiger partial charge in [-0.05, 0) is 92.6 Å². The minimum atomic E-state index is 0.923. The molecule has 0 amide bonds. The molecule has 0 saturated heterocycles. The van der Waals surface area contributed by atoms with Gasteiger partial charge >= 0.3 is 0 Å². The van der Waals surface area contributed by atoms with E-state index in [1.54, 1.807) is 0 Å². The molecule has 0 atom stereocenters. The average molecular weight is 1340 g/mol. The zero-order chi connectivity index (χ0) is 68.9. The van der Waals surface area contributed by atoms with Gasteiger partial charge in [0.15, 0.2) is 0 Å². The molecule has 0 heterocycles. The topological polar surface area (TPSA) is 36.1 Å². The van der Waals surface area contributed by atoms with Crippen LogP contribution in [0.2, 0.25) is 0 Å². The van der Waals surface area contributed by atoms with Gasteiger partial charge in [0.2, 0.25) is 0 Å². The summed E-state index contributed by atoms with van der Waals surface area (Å²) in [5, 5.41) is 12.1. The van der Waals surface area contributed by atoms with Crippen molar-refractivity contribution in [2.75, 3.05) is 19.6 Å². The lowest BCUT2D eigenvalue weighted by Crippen LogP contribution is -2.20. The van der Waals surface area contributed by atoms with Crippen LogP contribution in [0.5, 0.6) is 0 Å². The molecule has 0 spiro atoms. The Bertz CT molecular complexity index is 1310. The molecule has 0 unspecified atom stereocenters. The van der Waals surface area contributed by atoms with Crippen LogP contribution in [0, 0.1) is 17.8 Å². The molecule has 0 saturated carbocycles. The van der Waals surface area contributed by atoms with E-state index < -0.39 is 0 Å². The third-order valence-corrected chi connectivity index (χ3v) is 22.8. The van der Waals surface area contributed by atoms with Crippen molar-refractivity contribution in [2.45, 2.75) is 523 Å². The fourth-order valence-electron chi connectivity index (χ4n) is 16.2. The molecule has 1 aromatic rings. The van der Waals surface area contributed by atoms with Crippen LogP contribution in [0.1, 0.15) is 521 Å². The van der Waals surface area contributed by atoms with Gasteiger partial charge in [0.1, 0.15) is 0 Å². The fraction of sp³-hybridized carbons (Fsp3) is 0.935. The highest BCUT2D eigenvalue weighted by Crippen LogP contribution is 2.28. The SMILES string of the molecule is CCCCCCCCCCCCC(CCCCCCCCCCCC)CCCNCc1cc(CNCCCC(CCCCCCCCCCCC)CCCCCCCCCCCC)cc(CNCCCC(CCCCCCCCCCCC)CCCCCCCCCCCC)c1. The van der Waals surface area contributed by atoms with Crippen molar-refractivity contribution in [1.82, 2.24) is 16.0 Å². The van der Waals surface area contributed by atoms with Crippen molar-refractivity contribution < 1.29 is 0 Å². The number of hydrogen-bond donors (Lipinski definition) is 3. The van der Waals surface area contributed by atoms with Gasteiger partial charge in [0, 0.05) is 19.6 Å². The summed E-state index contributed by atoms with van der Waals surface area (Å²) in [7, 11) is 0. The van der Waals surface area contributed by atoms with Crippen LogP contribution in [0.15, 0.2) is 18.2 Å². The maximum absolute atomic E-state index is 4.03. The van der Waals surface area contributed by atoms with Crippen molar-refractivity contribution >= 4 is 0 Å². The largest absolute Gasteiger partial charge is 0.313 e. The number of hydrogen-bond acceptors (Lipinski definition) is 3. The van der Waals surface area contributed by atoms with Crippen LogP contribution < -0.4 is 16.0 Å². The van der Waals surface area contributed by atoms with Gasteiger partial charge in [-0.3, -0.25) is 0 Å². The minimum Gasteiger partial charge on any atom is -0.313 e. The molecule has 0 aromatic heterocycles. The highest BCUT2D eigenvalue weighted by atomic mass is 14.9. The molecule has 0 aliphatic heterocycles. The van der Waals surface area contributed by atoms with Gasteiger partial charge in [-0.2, -0.15) is 0 Å². The van der Waals surface area contributed by atoms with Gasteiger partial charge in [-0.25, -0.2) is 0 Å². The summed E-state index contributed by atoms with van der Waals surface area (Å²) in [5.41, 5.74) is 4.50. The van der Waals surface area contributed by atoms with Crippen LogP contribution in [-0.2, 0) is 19.6 Å². The second-order valence-corrected chi connectivity index (χ2v) is 32.5. The smallest absolute Gasteiger partial charge is 0.0205 e. The van der Waals surface area contributed by atoms with Gasteiger partial charge < -0.3 is 16.0 Å². The van der Waals surface area contributed by atoms with Crippen molar-refractivity contribution in [3.8, 4) is 0 Å². The Labute approximate surface area is 608 Å². The Morgan fingerprint density at radius 3 is 0.438 bits per heavy atom. The number of benzene rings is 1. The zero-order valence-electron chi connectivity index (χ0n) is 67.6. The lowest BCUT2D eigenvalue weighted by molar-refractivity contribution is 0.368. The molecular formula is C93H183N3. The molecule has 0 aliphatic carbocycles. The van der Waals surface area contributed by atoms with Gasteiger partial charge in [0.25, 0.3) is 0 Å². The van der Waals surface area contributed by atoms with E-state index in [1.165, 1.54) is 479 Å². The van der Waals surface area contributed by atoms with Crippen molar-refractivity contribution in [1.29, 1.82) is 0 Å². The summed E-state index contributed by atoms with van der Waals surface area (Å²) in [6.07, 6.45) is 104. The molecule has 1 rings (SSSR count). The first-order chi connectivity index (χ1) is 47.6. The van der Waals surface area contributed by atoms with Gasteiger partial charge in [0.05, 0.1) is 0 Å². The maximum Gasteiger partial charge on any atom is 0.0205 e. The van der Waals surface area contributed by atoms with Gasteiger partial charge in [-0.1, -0.05) is 484 Å². The standard InChI is InChI=1S/C93H183N3/c1-7-13-19-25-31-37-43-49-55-61-70-88(71-62-56-50-44-38-32-26-20-14-8-2)76-67-79-94-85-91-82-92(86-95-80-68-77-89(72-63-57-51-45-39-33-27-21-15-9-3)73-64-58-52-46-40-34-28-22-16-10-4)84-93(83-91)87-96-81-69-78-90(74-65-59-53-47-41-35-29-23-17-11-5)75-66-60-54-48-42-36-30-24-18-12-6/h82-84,88-90,94-96H,7-81,85-87H2,1-6H3. The second-order valence-electron chi connectivity index (χ2n) is 32.5. The molecule has 0 bridgehead atoms. The summed E-state index contributed by atoms with van der Waals surface area (Å²) in [6, 6.07) is 7.69. The predicted molar refractivity (Wildman–Crippen MR) is 439 cm³/mol. The number of unbranched alkanes of at least 4 members (excludes halogenated alkanes) is 54. The normalized spacial score (nSPS) is 12.0. The van der Waals surface area contributed by atoms with E-state index in [4.69, 9.17) is 0 Å². The van der Waals surface area contributed by atoms with Crippen molar-refractivity contribution in [3.63, 3.8) is 0 Å². The molecule has 3 nitrogen and oxygen atoms in total. The Hall–Kier alpha value is -0.900. The quantitative estimate of drug-likeness (QED) is 0.0569. The Morgan fingerprint density at radius 1 is 0.167 bits per heavy atom. The highest BCUT2D eigenvalue weighted by molar-refractivity contribution is 5.30. The first-order valence-corrected chi connectivity index (χ1v) is 45.8. The minimum absolute atomic E-state index is 0.923. The summed E-state index contributed by atoms with van der Waals surface area (Å²) < 4.78 is 0. The highest BCUT2D eigenvalue weighted by Gasteiger charge is 2.13. The fourth-order valence-corrected chi connectivity index (χ4v) is 16.2. The van der Waals surface area contributed by atoms with Crippen LogP contribution in [0.3, 0.4) is 0 Å². The molecule has 3 heteroatoms. The zero-order valence-corrected chi connectivity index (χ0v) is 67.6. The van der Waals surface area contributed by atoms with E-state index in [2.05, 4.69) is 75.7 Å². The first kappa shape index (κ1) is 93.1. The lowest BCUT2D eigenvalue weighted by Gasteiger charge is -2.18. The summed E-state index contributed by atoms with van der Waals surface area (Å²) in [6.45, 7) is 20.5. The maximum atomic E-state index is 4.03. The summed E-state index contributed by atoms with van der Waals surface area (Å²) in [5.74, 6) is 2.77.